The first-order chi connectivity index (χ1) is 11.6. The summed E-state index contributed by atoms with van der Waals surface area (Å²) >= 11 is 5.85. The van der Waals surface area contributed by atoms with Gasteiger partial charge in [-0.15, -0.1) is 0 Å². The van der Waals surface area contributed by atoms with Gasteiger partial charge < -0.3 is 10.2 Å². The molecular formula is C19H22ClN3O. The number of benzene rings is 2. The number of amides is 1. The van der Waals surface area contributed by atoms with Crippen molar-refractivity contribution in [2.24, 2.45) is 0 Å². The number of carbonyl (C=O) groups excluding carboxylic acids is 1. The molecule has 0 aliphatic carbocycles. The Morgan fingerprint density at radius 2 is 1.79 bits per heavy atom. The number of anilines is 2. The molecule has 1 heterocycles. The molecular weight excluding hydrogens is 322 g/mol. The molecule has 1 N–H and O–H groups in total. The van der Waals surface area contributed by atoms with E-state index in [4.69, 9.17) is 11.6 Å². The summed E-state index contributed by atoms with van der Waals surface area (Å²) < 4.78 is 0. The summed E-state index contributed by atoms with van der Waals surface area (Å²) in [5.74, 6) is 0.0151. The van der Waals surface area contributed by atoms with Crippen molar-refractivity contribution >= 4 is 28.9 Å². The molecule has 0 atom stereocenters. The Morgan fingerprint density at radius 1 is 1.08 bits per heavy atom. The van der Waals surface area contributed by atoms with E-state index in [-0.39, 0.29) is 5.91 Å². The lowest BCUT2D eigenvalue weighted by molar-refractivity contribution is -0.117. The van der Waals surface area contributed by atoms with Crippen LogP contribution in [0.15, 0.2) is 48.5 Å². The van der Waals surface area contributed by atoms with Crippen LogP contribution in [0.4, 0.5) is 11.4 Å². The smallest absolute Gasteiger partial charge is 0.238 e. The Balaban J connectivity index is 1.48. The lowest BCUT2D eigenvalue weighted by Gasteiger charge is -2.35. The minimum atomic E-state index is 0.0151. The van der Waals surface area contributed by atoms with Crippen molar-refractivity contribution in [1.82, 2.24) is 4.90 Å². The third-order valence-corrected chi connectivity index (χ3v) is 4.49. The number of nitrogens with one attached hydrogen (secondary N) is 1. The number of carbonyl (C=O) groups is 1. The van der Waals surface area contributed by atoms with Gasteiger partial charge in [0.05, 0.1) is 6.54 Å². The zero-order chi connectivity index (χ0) is 16.9. The monoisotopic (exact) mass is 343 g/mol. The Hall–Kier alpha value is -2.04. The Labute approximate surface area is 148 Å². The van der Waals surface area contributed by atoms with Crippen LogP contribution in [-0.4, -0.2) is 43.5 Å². The minimum Gasteiger partial charge on any atom is -0.369 e. The molecule has 0 bridgehead atoms. The second kappa shape index (κ2) is 7.69. The highest BCUT2D eigenvalue weighted by Crippen LogP contribution is 2.18. The molecule has 4 nitrogen and oxygen atoms in total. The fourth-order valence-corrected chi connectivity index (χ4v) is 3.05. The zero-order valence-electron chi connectivity index (χ0n) is 13.8. The van der Waals surface area contributed by atoms with Crippen molar-refractivity contribution in [2.45, 2.75) is 6.92 Å². The normalized spacial score (nSPS) is 15.3. The van der Waals surface area contributed by atoms with E-state index in [1.165, 1.54) is 11.3 Å². The molecule has 1 saturated heterocycles. The molecule has 2 aromatic rings. The van der Waals surface area contributed by atoms with Crippen LogP contribution in [-0.2, 0) is 4.79 Å². The molecule has 2 aromatic carbocycles. The Morgan fingerprint density at radius 3 is 2.46 bits per heavy atom. The SMILES string of the molecule is Cc1cccc(N2CCN(CC(=O)Nc3ccc(Cl)cc3)CC2)c1. The van der Waals surface area contributed by atoms with Crippen LogP contribution in [0.25, 0.3) is 0 Å². The molecule has 24 heavy (non-hydrogen) atoms. The topological polar surface area (TPSA) is 35.6 Å². The number of halogens is 1. The zero-order valence-corrected chi connectivity index (χ0v) is 14.6. The number of hydrogen-bond donors (Lipinski definition) is 1. The number of hydrogen-bond acceptors (Lipinski definition) is 3. The summed E-state index contributed by atoms with van der Waals surface area (Å²) in [6.07, 6.45) is 0. The second-order valence-electron chi connectivity index (χ2n) is 6.16. The predicted octanol–water partition coefficient (Wildman–Crippen LogP) is 3.41. The van der Waals surface area contributed by atoms with Crippen LogP contribution in [0, 0.1) is 6.92 Å². The third-order valence-electron chi connectivity index (χ3n) is 4.23. The van der Waals surface area contributed by atoms with Crippen LogP contribution in [0.2, 0.25) is 5.02 Å². The molecule has 1 aliphatic rings. The highest BCUT2D eigenvalue weighted by atomic mass is 35.5. The maximum Gasteiger partial charge on any atom is 0.238 e. The van der Waals surface area contributed by atoms with E-state index in [9.17, 15) is 4.79 Å². The molecule has 5 heteroatoms. The molecule has 1 fully saturated rings. The fourth-order valence-electron chi connectivity index (χ4n) is 2.93. The van der Waals surface area contributed by atoms with E-state index in [2.05, 4.69) is 46.3 Å². The first kappa shape index (κ1) is 16.8. The van der Waals surface area contributed by atoms with Crippen LogP contribution in [0.5, 0.6) is 0 Å². The van der Waals surface area contributed by atoms with E-state index < -0.39 is 0 Å². The van der Waals surface area contributed by atoms with Gasteiger partial charge in [-0.1, -0.05) is 23.7 Å². The van der Waals surface area contributed by atoms with Crippen LogP contribution in [0.3, 0.4) is 0 Å². The standard InChI is InChI=1S/C19H22ClN3O/c1-15-3-2-4-18(13-15)23-11-9-22(10-12-23)14-19(24)21-17-7-5-16(20)6-8-17/h2-8,13H,9-12,14H2,1H3,(H,21,24). The first-order valence-corrected chi connectivity index (χ1v) is 8.57. The van der Waals surface area contributed by atoms with E-state index in [0.29, 0.717) is 11.6 Å². The number of aryl methyl sites for hydroxylation is 1. The average molecular weight is 344 g/mol. The number of nitrogens with zero attached hydrogens (tertiary/aromatic N) is 2. The molecule has 0 unspecified atom stereocenters. The average Bonchev–Trinajstić information content (AvgIpc) is 2.58. The van der Waals surface area contributed by atoms with Gasteiger partial charge in [0.2, 0.25) is 5.91 Å². The summed E-state index contributed by atoms with van der Waals surface area (Å²) in [6, 6.07) is 15.7. The Kier molecular flexibility index (Phi) is 5.38. The predicted molar refractivity (Wildman–Crippen MR) is 99.9 cm³/mol. The molecule has 3 rings (SSSR count). The number of rotatable bonds is 4. The van der Waals surface area contributed by atoms with Gasteiger partial charge in [-0.3, -0.25) is 9.69 Å². The van der Waals surface area contributed by atoms with Gasteiger partial charge in [-0.2, -0.15) is 0 Å². The largest absolute Gasteiger partial charge is 0.369 e. The molecule has 0 aromatic heterocycles. The van der Waals surface area contributed by atoms with Gasteiger partial charge in [0, 0.05) is 42.6 Å². The van der Waals surface area contributed by atoms with Crippen molar-refractivity contribution in [2.75, 3.05) is 42.9 Å². The van der Waals surface area contributed by atoms with Crippen molar-refractivity contribution in [3.63, 3.8) is 0 Å². The molecule has 0 radical (unpaired) electrons. The molecule has 0 spiro atoms. The summed E-state index contributed by atoms with van der Waals surface area (Å²) in [4.78, 5) is 16.7. The van der Waals surface area contributed by atoms with E-state index in [1.807, 2.05) is 12.1 Å². The summed E-state index contributed by atoms with van der Waals surface area (Å²) in [5, 5.41) is 3.58. The maximum absolute atomic E-state index is 12.2. The highest BCUT2D eigenvalue weighted by Gasteiger charge is 2.19. The van der Waals surface area contributed by atoms with Crippen LogP contribution < -0.4 is 10.2 Å². The van der Waals surface area contributed by atoms with Crippen molar-refractivity contribution < 1.29 is 4.79 Å². The highest BCUT2D eigenvalue weighted by molar-refractivity contribution is 6.30. The molecule has 126 valence electrons. The summed E-state index contributed by atoms with van der Waals surface area (Å²) in [5.41, 5.74) is 3.32. The van der Waals surface area contributed by atoms with Crippen molar-refractivity contribution in [1.29, 1.82) is 0 Å². The van der Waals surface area contributed by atoms with Gasteiger partial charge in [-0.25, -0.2) is 0 Å². The van der Waals surface area contributed by atoms with Crippen LogP contribution in [0.1, 0.15) is 5.56 Å². The fraction of sp³-hybridized carbons (Fsp3) is 0.316. The van der Waals surface area contributed by atoms with Gasteiger partial charge in [0.1, 0.15) is 0 Å². The molecule has 1 aliphatic heterocycles. The van der Waals surface area contributed by atoms with Gasteiger partial charge in [0.15, 0.2) is 0 Å². The maximum atomic E-state index is 12.2. The lowest BCUT2D eigenvalue weighted by Crippen LogP contribution is -2.48. The van der Waals surface area contributed by atoms with Gasteiger partial charge in [0.25, 0.3) is 0 Å². The van der Waals surface area contributed by atoms with Crippen LogP contribution >= 0.6 is 11.6 Å². The molecule has 1 amide bonds. The van der Waals surface area contributed by atoms with E-state index in [0.717, 1.165) is 31.9 Å². The van der Waals surface area contributed by atoms with E-state index in [1.54, 1.807) is 12.1 Å². The quantitative estimate of drug-likeness (QED) is 0.924. The first-order valence-electron chi connectivity index (χ1n) is 8.19. The van der Waals surface area contributed by atoms with Gasteiger partial charge in [-0.05, 0) is 48.9 Å². The third kappa shape index (κ3) is 4.49. The van der Waals surface area contributed by atoms with Crippen molar-refractivity contribution in [3.8, 4) is 0 Å². The van der Waals surface area contributed by atoms with Gasteiger partial charge >= 0.3 is 0 Å². The second-order valence-corrected chi connectivity index (χ2v) is 6.59. The summed E-state index contributed by atoms with van der Waals surface area (Å²) in [7, 11) is 0. The van der Waals surface area contributed by atoms with Crippen molar-refractivity contribution in [3.05, 3.63) is 59.1 Å². The molecule has 0 saturated carbocycles. The number of piperazine rings is 1. The Bertz CT molecular complexity index is 694. The summed E-state index contributed by atoms with van der Waals surface area (Å²) in [6.45, 7) is 6.20. The minimum absolute atomic E-state index is 0.0151. The van der Waals surface area contributed by atoms with E-state index >= 15 is 0 Å². The lowest BCUT2D eigenvalue weighted by atomic mass is 10.2.